The van der Waals surface area contributed by atoms with Gasteiger partial charge in [-0.25, -0.2) is 9.37 Å². The van der Waals surface area contributed by atoms with E-state index in [-0.39, 0.29) is 11.7 Å². The number of aromatic nitrogens is 1. The average molecular weight is 377 g/mol. The van der Waals surface area contributed by atoms with E-state index in [0.29, 0.717) is 30.2 Å². The molecular weight excluding hydrogens is 357 g/mol. The monoisotopic (exact) mass is 377 g/mol. The van der Waals surface area contributed by atoms with E-state index in [4.69, 9.17) is 4.74 Å². The summed E-state index contributed by atoms with van der Waals surface area (Å²) in [6.45, 7) is 0.502. The molecule has 0 atom stereocenters. The Morgan fingerprint density at radius 2 is 2.00 bits per heavy atom. The maximum atomic E-state index is 13.6. The lowest BCUT2D eigenvalue weighted by Crippen LogP contribution is -2.15. The van der Waals surface area contributed by atoms with Crippen molar-refractivity contribution in [1.82, 2.24) is 4.98 Å². The van der Waals surface area contributed by atoms with Crippen LogP contribution in [0.2, 0.25) is 0 Å². The highest BCUT2D eigenvalue weighted by atomic mass is 19.1. The van der Waals surface area contributed by atoms with Crippen molar-refractivity contribution in [2.45, 2.75) is 6.42 Å². The molecule has 0 bridgehead atoms. The number of hydrogen-bond acceptors (Lipinski definition) is 4. The number of carbonyl (C=O) groups is 1. The van der Waals surface area contributed by atoms with Crippen LogP contribution in [-0.4, -0.2) is 31.6 Å². The molecule has 0 spiro atoms. The Balaban J connectivity index is 1.66. The van der Waals surface area contributed by atoms with Crippen LogP contribution < -0.4 is 15.0 Å². The molecule has 1 aliphatic heterocycles. The molecule has 3 aromatic rings. The SMILES string of the molecule is CN(C)c1cccc(C(=O)Nc2ncc(-c3cccc(F)c3)c3c2OCC3)c1. The predicted molar refractivity (Wildman–Crippen MR) is 108 cm³/mol. The summed E-state index contributed by atoms with van der Waals surface area (Å²) in [6.07, 6.45) is 2.34. The number of anilines is 2. The summed E-state index contributed by atoms with van der Waals surface area (Å²) in [5.41, 5.74) is 3.96. The molecule has 0 saturated carbocycles. The van der Waals surface area contributed by atoms with Gasteiger partial charge in [-0.3, -0.25) is 4.79 Å². The Kier molecular flexibility index (Phi) is 4.69. The van der Waals surface area contributed by atoms with Crippen molar-refractivity contribution in [2.75, 3.05) is 30.9 Å². The number of fused-ring (bicyclic) bond motifs is 1. The van der Waals surface area contributed by atoms with Crippen LogP contribution in [0.3, 0.4) is 0 Å². The largest absolute Gasteiger partial charge is 0.489 e. The topological polar surface area (TPSA) is 54.5 Å². The van der Waals surface area contributed by atoms with Gasteiger partial charge in [-0.1, -0.05) is 18.2 Å². The Labute approximate surface area is 162 Å². The first kappa shape index (κ1) is 18.0. The standard InChI is InChI=1S/C22H20FN3O2/c1-26(2)17-8-4-6-15(12-17)22(27)25-21-20-18(9-10-28-20)19(13-24-21)14-5-3-7-16(23)11-14/h3-8,11-13H,9-10H2,1-2H3,(H,24,25,27). The number of benzene rings is 2. The van der Waals surface area contributed by atoms with Gasteiger partial charge in [0.1, 0.15) is 5.82 Å². The maximum absolute atomic E-state index is 13.6. The van der Waals surface area contributed by atoms with Gasteiger partial charge in [-0.05, 0) is 35.9 Å². The van der Waals surface area contributed by atoms with Crippen molar-refractivity contribution in [3.05, 3.63) is 71.7 Å². The summed E-state index contributed by atoms with van der Waals surface area (Å²) in [5, 5.41) is 2.85. The van der Waals surface area contributed by atoms with Gasteiger partial charge in [-0.15, -0.1) is 0 Å². The molecule has 0 fully saturated rings. The molecule has 142 valence electrons. The molecule has 0 unspecified atom stereocenters. The fourth-order valence-electron chi connectivity index (χ4n) is 3.29. The van der Waals surface area contributed by atoms with Crippen molar-refractivity contribution in [2.24, 2.45) is 0 Å². The second kappa shape index (κ2) is 7.31. The Morgan fingerprint density at radius 3 is 2.79 bits per heavy atom. The van der Waals surface area contributed by atoms with Gasteiger partial charge in [-0.2, -0.15) is 0 Å². The van der Waals surface area contributed by atoms with Crippen molar-refractivity contribution in [1.29, 1.82) is 0 Å². The summed E-state index contributed by atoms with van der Waals surface area (Å²) in [5.74, 6) is 0.377. The highest BCUT2D eigenvalue weighted by molar-refractivity contribution is 6.05. The molecular formula is C22H20FN3O2. The van der Waals surface area contributed by atoms with E-state index in [1.807, 2.05) is 43.3 Å². The number of nitrogens with zero attached hydrogens (tertiary/aromatic N) is 2. The summed E-state index contributed by atoms with van der Waals surface area (Å²) in [4.78, 5) is 19.0. The van der Waals surface area contributed by atoms with Crippen LogP contribution in [0, 0.1) is 5.82 Å². The molecule has 1 N–H and O–H groups in total. The van der Waals surface area contributed by atoms with Crippen LogP contribution in [-0.2, 0) is 6.42 Å². The third-order valence-electron chi connectivity index (χ3n) is 4.73. The van der Waals surface area contributed by atoms with E-state index in [1.165, 1.54) is 12.1 Å². The minimum Gasteiger partial charge on any atom is -0.489 e. The van der Waals surface area contributed by atoms with Crippen molar-refractivity contribution < 1.29 is 13.9 Å². The minimum absolute atomic E-state index is 0.257. The second-order valence-electron chi connectivity index (χ2n) is 6.84. The highest BCUT2D eigenvalue weighted by Crippen LogP contribution is 2.39. The van der Waals surface area contributed by atoms with Gasteiger partial charge in [0, 0.05) is 49.1 Å². The van der Waals surface area contributed by atoms with Gasteiger partial charge in [0.2, 0.25) is 0 Å². The van der Waals surface area contributed by atoms with Gasteiger partial charge >= 0.3 is 0 Å². The average Bonchev–Trinajstić information content (AvgIpc) is 3.18. The highest BCUT2D eigenvalue weighted by Gasteiger charge is 2.24. The maximum Gasteiger partial charge on any atom is 0.256 e. The molecule has 0 radical (unpaired) electrons. The van der Waals surface area contributed by atoms with Gasteiger partial charge in [0.15, 0.2) is 11.6 Å². The summed E-state index contributed by atoms with van der Waals surface area (Å²) < 4.78 is 19.4. The fraction of sp³-hybridized carbons (Fsp3) is 0.182. The van der Waals surface area contributed by atoms with E-state index in [0.717, 1.165) is 22.4 Å². The number of carbonyl (C=O) groups excluding carboxylic acids is 1. The van der Waals surface area contributed by atoms with Crippen LogP contribution in [0.15, 0.2) is 54.7 Å². The first-order valence-electron chi connectivity index (χ1n) is 9.02. The van der Waals surface area contributed by atoms with Crippen molar-refractivity contribution in [3.63, 3.8) is 0 Å². The molecule has 6 heteroatoms. The molecule has 1 aliphatic rings. The third-order valence-corrected chi connectivity index (χ3v) is 4.73. The van der Waals surface area contributed by atoms with Crippen LogP contribution in [0.1, 0.15) is 15.9 Å². The van der Waals surface area contributed by atoms with Gasteiger partial charge < -0.3 is 15.0 Å². The van der Waals surface area contributed by atoms with Crippen LogP contribution in [0.5, 0.6) is 5.75 Å². The molecule has 1 aromatic heterocycles. The zero-order chi connectivity index (χ0) is 19.7. The number of hydrogen-bond donors (Lipinski definition) is 1. The summed E-state index contributed by atoms with van der Waals surface area (Å²) in [6, 6.07) is 13.7. The molecule has 4 rings (SSSR count). The van der Waals surface area contributed by atoms with Gasteiger partial charge in [0.25, 0.3) is 5.91 Å². The summed E-state index contributed by atoms with van der Waals surface area (Å²) in [7, 11) is 3.84. The van der Waals surface area contributed by atoms with E-state index >= 15 is 0 Å². The number of amides is 1. The Morgan fingerprint density at radius 1 is 1.18 bits per heavy atom. The Bertz CT molecular complexity index is 1050. The van der Waals surface area contributed by atoms with Crippen LogP contribution >= 0.6 is 0 Å². The quantitative estimate of drug-likeness (QED) is 0.742. The number of nitrogens with one attached hydrogen (secondary N) is 1. The number of pyridine rings is 1. The number of rotatable bonds is 4. The molecule has 0 aliphatic carbocycles. The smallest absolute Gasteiger partial charge is 0.256 e. The first-order chi connectivity index (χ1) is 13.5. The second-order valence-corrected chi connectivity index (χ2v) is 6.84. The molecule has 1 amide bonds. The zero-order valence-corrected chi connectivity index (χ0v) is 15.7. The van der Waals surface area contributed by atoms with Gasteiger partial charge in [0.05, 0.1) is 6.61 Å². The Hall–Kier alpha value is -3.41. The minimum atomic E-state index is -0.302. The van der Waals surface area contributed by atoms with Crippen molar-refractivity contribution >= 4 is 17.4 Å². The predicted octanol–water partition coefficient (Wildman–Crippen LogP) is 4.14. The molecule has 5 nitrogen and oxygen atoms in total. The summed E-state index contributed by atoms with van der Waals surface area (Å²) >= 11 is 0. The lowest BCUT2D eigenvalue weighted by molar-refractivity contribution is 0.102. The lowest BCUT2D eigenvalue weighted by Gasteiger charge is -2.14. The molecule has 0 saturated heterocycles. The van der Waals surface area contributed by atoms with E-state index in [9.17, 15) is 9.18 Å². The normalized spacial score (nSPS) is 12.2. The van der Waals surface area contributed by atoms with E-state index < -0.39 is 0 Å². The lowest BCUT2D eigenvalue weighted by atomic mass is 10.00. The van der Waals surface area contributed by atoms with Crippen LogP contribution in [0.4, 0.5) is 15.9 Å². The molecule has 28 heavy (non-hydrogen) atoms. The number of ether oxygens (including phenoxy) is 1. The number of halogens is 1. The van der Waals surface area contributed by atoms with Crippen molar-refractivity contribution in [3.8, 4) is 16.9 Å². The molecule has 2 heterocycles. The van der Waals surface area contributed by atoms with E-state index in [2.05, 4.69) is 10.3 Å². The molecule has 2 aromatic carbocycles. The third kappa shape index (κ3) is 3.41. The fourth-order valence-corrected chi connectivity index (χ4v) is 3.29. The van der Waals surface area contributed by atoms with Crippen LogP contribution in [0.25, 0.3) is 11.1 Å². The first-order valence-corrected chi connectivity index (χ1v) is 9.02. The van der Waals surface area contributed by atoms with E-state index in [1.54, 1.807) is 18.3 Å². The zero-order valence-electron chi connectivity index (χ0n) is 15.7.